The molecule has 0 radical (unpaired) electrons. The predicted molar refractivity (Wildman–Crippen MR) is 73.4 cm³/mol. The maximum atomic E-state index is 11.5. The van der Waals surface area contributed by atoms with Gasteiger partial charge >= 0.3 is 0 Å². The van der Waals surface area contributed by atoms with E-state index in [1.165, 1.54) is 7.05 Å². The predicted octanol–water partition coefficient (Wildman–Crippen LogP) is -1.49. The Morgan fingerprint density at radius 2 is 1.94 bits per heavy atom. The second kappa shape index (κ2) is 7.35. The lowest BCUT2D eigenvalue weighted by Gasteiger charge is -2.25. The van der Waals surface area contributed by atoms with E-state index in [1.54, 1.807) is 13.8 Å². The maximum Gasteiger partial charge on any atom is 0.237 e. The summed E-state index contributed by atoms with van der Waals surface area (Å²) in [6.07, 6.45) is 0.0916. The highest BCUT2D eigenvalue weighted by atomic mass is 32.2. The molecule has 0 aliphatic rings. The van der Waals surface area contributed by atoms with Crippen molar-refractivity contribution in [3.63, 3.8) is 0 Å². The molecule has 0 saturated heterocycles. The number of carbonyl (C=O) groups excluding carboxylic acids is 1. The summed E-state index contributed by atoms with van der Waals surface area (Å²) >= 11 is 0. The Labute approximate surface area is 111 Å². The number of rotatable bonds is 7. The van der Waals surface area contributed by atoms with Crippen molar-refractivity contribution in [1.29, 1.82) is 0 Å². The van der Waals surface area contributed by atoms with Gasteiger partial charge in [-0.05, 0) is 13.8 Å². The molecule has 4 atom stereocenters. The van der Waals surface area contributed by atoms with Gasteiger partial charge in [-0.3, -0.25) is 9.88 Å². The zero-order chi connectivity index (χ0) is 14.5. The molecule has 0 spiro atoms. The fourth-order valence-electron chi connectivity index (χ4n) is 1.08. The normalized spacial score (nSPS) is 17.3. The molecular formula is C9H22N3O4PS. The highest BCUT2D eigenvalue weighted by molar-refractivity contribution is 7.88. The average molecular weight is 299 g/mol. The highest BCUT2D eigenvalue weighted by Gasteiger charge is 2.23. The Balaban J connectivity index is 4.36. The van der Waals surface area contributed by atoms with Crippen LogP contribution in [0.3, 0.4) is 0 Å². The summed E-state index contributed by atoms with van der Waals surface area (Å²) in [6, 6.07) is -0.945. The summed E-state index contributed by atoms with van der Waals surface area (Å²) in [7, 11) is 0.269. The number of likely N-dealkylation sites (N-methyl/N-ethyl adjacent to an activating group) is 1. The standard InChI is InChI=1S/C9H22N3O4PS/c1-6(10-9(14)7(2)11-17)8(13)5-12(3)18(4,15)16/h6-8,11,13H,5,17H2,1-4H3,(H,10,14)/t6-,7?,8+/m0/s1. The van der Waals surface area contributed by atoms with Crippen molar-refractivity contribution < 1.29 is 18.3 Å². The highest BCUT2D eigenvalue weighted by Crippen LogP contribution is 2.01. The van der Waals surface area contributed by atoms with Crippen LogP contribution >= 0.6 is 9.39 Å². The molecule has 0 bridgehead atoms. The minimum Gasteiger partial charge on any atom is -0.390 e. The first-order chi connectivity index (χ1) is 8.09. The van der Waals surface area contributed by atoms with Crippen LogP contribution in [0.5, 0.6) is 0 Å². The zero-order valence-corrected chi connectivity index (χ0v) is 13.0. The first kappa shape index (κ1) is 17.7. The van der Waals surface area contributed by atoms with Gasteiger partial charge in [-0.1, -0.05) is 9.39 Å². The summed E-state index contributed by atoms with van der Waals surface area (Å²) in [5.74, 6) is -0.265. The molecule has 0 aliphatic heterocycles. The van der Waals surface area contributed by atoms with E-state index < -0.39 is 28.2 Å². The summed E-state index contributed by atoms with van der Waals surface area (Å²) < 4.78 is 23.4. The minimum atomic E-state index is -3.34. The van der Waals surface area contributed by atoms with Crippen molar-refractivity contribution in [3.8, 4) is 0 Å². The lowest BCUT2D eigenvalue weighted by Crippen LogP contribution is -2.50. The largest absolute Gasteiger partial charge is 0.390 e. The van der Waals surface area contributed by atoms with Gasteiger partial charge in [0.25, 0.3) is 0 Å². The Morgan fingerprint density at radius 1 is 1.44 bits per heavy atom. The lowest BCUT2D eigenvalue weighted by atomic mass is 10.1. The van der Waals surface area contributed by atoms with Crippen LogP contribution in [0.25, 0.3) is 0 Å². The number of hydrogen-bond donors (Lipinski definition) is 3. The molecule has 0 aromatic rings. The Kier molecular flexibility index (Phi) is 7.24. The first-order valence-electron chi connectivity index (χ1n) is 5.45. The van der Waals surface area contributed by atoms with Crippen molar-refractivity contribution in [2.75, 3.05) is 19.8 Å². The number of hydrogen-bond acceptors (Lipinski definition) is 5. The third kappa shape index (κ3) is 6.06. The number of aliphatic hydroxyl groups is 1. The molecule has 2 unspecified atom stereocenters. The third-order valence-corrected chi connectivity index (χ3v) is 4.38. The monoisotopic (exact) mass is 299 g/mol. The Bertz CT molecular complexity index is 376. The van der Waals surface area contributed by atoms with E-state index in [0.29, 0.717) is 0 Å². The Morgan fingerprint density at radius 3 is 2.33 bits per heavy atom. The van der Waals surface area contributed by atoms with Crippen LogP contribution < -0.4 is 10.4 Å². The van der Waals surface area contributed by atoms with Crippen molar-refractivity contribution in [2.24, 2.45) is 0 Å². The summed E-state index contributed by atoms with van der Waals surface area (Å²) in [4.78, 5) is 11.5. The van der Waals surface area contributed by atoms with Crippen molar-refractivity contribution in [3.05, 3.63) is 0 Å². The van der Waals surface area contributed by atoms with Gasteiger partial charge < -0.3 is 10.4 Å². The topological polar surface area (TPSA) is 98.7 Å². The number of nitrogens with zero attached hydrogens (tertiary/aromatic N) is 1. The van der Waals surface area contributed by atoms with E-state index in [4.69, 9.17) is 0 Å². The van der Waals surface area contributed by atoms with Crippen LogP contribution in [0.15, 0.2) is 0 Å². The quantitative estimate of drug-likeness (QED) is 0.498. The fraction of sp³-hybridized carbons (Fsp3) is 0.889. The lowest BCUT2D eigenvalue weighted by molar-refractivity contribution is -0.123. The van der Waals surface area contributed by atoms with Crippen LogP contribution in [-0.4, -0.2) is 61.8 Å². The number of sulfonamides is 1. The molecule has 0 aromatic heterocycles. The first-order valence-corrected chi connectivity index (χ1v) is 7.88. The second-order valence-electron chi connectivity index (χ2n) is 4.30. The summed E-state index contributed by atoms with van der Waals surface area (Å²) in [5, 5.41) is 15.1. The van der Waals surface area contributed by atoms with Gasteiger partial charge in [0, 0.05) is 13.6 Å². The van der Waals surface area contributed by atoms with Gasteiger partial charge in [-0.15, -0.1) is 0 Å². The smallest absolute Gasteiger partial charge is 0.237 e. The van der Waals surface area contributed by atoms with Crippen molar-refractivity contribution in [2.45, 2.75) is 32.0 Å². The van der Waals surface area contributed by atoms with Crippen LogP contribution in [-0.2, 0) is 14.8 Å². The molecule has 9 heteroatoms. The van der Waals surface area contributed by atoms with Gasteiger partial charge in [-0.25, -0.2) is 12.7 Å². The molecule has 0 fully saturated rings. The van der Waals surface area contributed by atoms with E-state index in [0.717, 1.165) is 10.6 Å². The molecule has 0 aromatic carbocycles. The van der Waals surface area contributed by atoms with Crippen molar-refractivity contribution >= 4 is 25.3 Å². The second-order valence-corrected chi connectivity index (χ2v) is 6.72. The minimum absolute atomic E-state index is 0.0665. The maximum absolute atomic E-state index is 11.5. The molecule has 0 heterocycles. The van der Waals surface area contributed by atoms with Gasteiger partial charge in [0.15, 0.2) is 0 Å². The van der Waals surface area contributed by atoms with Crippen LogP contribution in [0.4, 0.5) is 0 Å². The molecule has 18 heavy (non-hydrogen) atoms. The zero-order valence-electron chi connectivity index (χ0n) is 11.0. The molecule has 0 saturated carbocycles. The van der Waals surface area contributed by atoms with Gasteiger partial charge in [0.2, 0.25) is 15.9 Å². The Hall–Kier alpha value is -0.270. The number of nitrogens with one attached hydrogen (secondary N) is 2. The average Bonchev–Trinajstić information content (AvgIpc) is 2.26. The third-order valence-electron chi connectivity index (χ3n) is 2.60. The van der Waals surface area contributed by atoms with E-state index in [1.807, 2.05) is 0 Å². The number of amides is 1. The molecule has 3 N–H and O–H groups in total. The van der Waals surface area contributed by atoms with Gasteiger partial charge in [0.1, 0.15) is 0 Å². The van der Waals surface area contributed by atoms with Crippen molar-refractivity contribution in [1.82, 2.24) is 14.7 Å². The molecule has 108 valence electrons. The van der Waals surface area contributed by atoms with Crippen LogP contribution in [0, 0.1) is 0 Å². The van der Waals surface area contributed by atoms with Gasteiger partial charge in [-0.2, -0.15) is 0 Å². The molecule has 1 amide bonds. The van der Waals surface area contributed by atoms with E-state index in [2.05, 4.69) is 19.8 Å². The van der Waals surface area contributed by atoms with Crippen LogP contribution in [0.2, 0.25) is 0 Å². The molecular weight excluding hydrogens is 277 g/mol. The molecule has 0 aliphatic carbocycles. The number of carbonyl (C=O) groups is 1. The molecule has 7 nitrogen and oxygen atoms in total. The number of aliphatic hydroxyl groups excluding tert-OH is 1. The fourth-order valence-corrected chi connectivity index (χ4v) is 1.65. The van der Waals surface area contributed by atoms with E-state index in [-0.39, 0.29) is 12.5 Å². The summed E-state index contributed by atoms with van der Waals surface area (Å²) in [6.45, 7) is 3.22. The van der Waals surface area contributed by atoms with Crippen LogP contribution in [0.1, 0.15) is 13.8 Å². The van der Waals surface area contributed by atoms with E-state index >= 15 is 0 Å². The summed E-state index contributed by atoms with van der Waals surface area (Å²) in [5.41, 5.74) is 0. The van der Waals surface area contributed by atoms with Gasteiger partial charge in [0.05, 0.1) is 24.4 Å². The van der Waals surface area contributed by atoms with E-state index in [9.17, 15) is 18.3 Å². The molecule has 0 rings (SSSR count). The SMILES string of the molecule is CC(NP)C(=O)N[C@@H](C)[C@H](O)CN(C)S(C)(=O)=O.